The topological polar surface area (TPSA) is 84.7 Å². The lowest BCUT2D eigenvalue weighted by atomic mass is 10.1. The van der Waals surface area contributed by atoms with Gasteiger partial charge in [-0.1, -0.05) is 0 Å². The monoisotopic (exact) mass is 241 g/mol. The van der Waals surface area contributed by atoms with E-state index in [9.17, 15) is 9.59 Å². The van der Waals surface area contributed by atoms with Crippen LogP contribution in [0.1, 0.15) is 12.8 Å². The second kappa shape index (κ2) is 5.01. The number of hydrogen-bond acceptors (Lipinski definition) is 4. The number of rotatable bonds is 3. The van der Waals surface area contributed by atoms with Crippen LogP contribution in [0.5, 0.6) is 0 Å². The van der Waals surface area contributed by atoms with Crippen molar-refractivity contribution in [3.63, 3.8) is 0 Å². The maximum Gasteiger partial charge on any atom is 0.239 e. The van der Waals surface area contributed by atoms with E-state index in [1.165, 1.54) is 0 Å². The highest BCUT2D eigenvalue weighted by Crippen LogP contribution is 2.19. The lowest BCUT2D eigenvalue weighted by Crippen LogP contribution is -2.43. The molecule has 2 aliphatic rings. The molecule has 2 aliphatic heterocycles. The minimum Gasteiger partial charge on any atom is -0.380 e. The molecule has 0 aromatic heterocycles. The van der Waals surface area contributed by atoms with E-state index in [0.717, 1.165) is 0 Å². The quantitative estimate of drug-likeness (QED) is 0.643. The Morgan fingerprint density at radius 3 is 2.76 bits per heavy atom. The van der Waals surface area contributed by atoms with Gasteiger partial charge in [-0.05, 0) is 12.8 Å². The Morgan fingerprint density at radius 2 is 2.24 bits per heavy atom. The van der Waals surface area contributed by atoms with Crippen LogP contribution >= 0.6 is 0 Å². The molecule has 3 N–H and O–H groups in total. The van der Waals surface area contributed by atoms with Gasteiger partial charge in [0.25, 0.3) is 0 Å². The third kappa shape index (κ3) is 2.58. The van der Waals surface area contributed by atoms with Crippen molar-refractivity contribution in [1.82, 2.24) is 10.2 Å². The molecule has 0 bridgehead atoms. The van der Waals surface area contributed by atoms with Crippen LogP contribution in [0.2, 0.25) is 0 Å². The van der Waals surface area contributed by atoms with Crippen LogP contribution in [-0.4, -0.2) is 55.6 Å². The fourth-order valence-electron chi connectivity index (χ4n) is 2.48. The van der Waals surface area contributed by atoms with Crippen LogP contribution in [0.4, 0.5) is 0 Å². The number of ether oxygens (including phenoxy) is 1. The average Bonchev–Trinajstić information content (AvgIpc) is 2.97. The number of amides is 2. The highest BCUT2D eigenvalue weighted by Gasteiger charge is 2.36. The molecule has 0 aromatic carbocycles. The molecular formula is C11H19N3O3. The molecule has 0 aliphatic carbocycles. The van der Waals surface area contributed by atoms with Gasteiger partial charge in [-0.2, -0.15) is 0 Å². The molecule has 2 rings (SSSR count). The molecule has 0 radical (unpaired) electrons. The molecule has 3 atom stereocenters. The van der Waals surface area contributed by atoms with E-state index in [-0.39, 0.29) is 29.9 Å². The number of methoxy groups -OCH3 is 1. The maximum atomic E-state index is 12.1. The van der Waals surface area contributed by atoms with Gasteiger partial charge in [0.15, 0.2) is 0 Å². The summed E-state index contributed by atoms with van der Waals surface area (Å²) >= 11 is 0. The van der Waals surface area contributed by atoms with Gasteiger partial charge in [0.2, 0.25) is 11.8 Å². The summed E-state index contributed by atoms with van der Waals surface area (Å²) in [4.78, 5) is 24.9. The molecule has 17 heavy (non-hydrogen) atoms. The first kappa shape index (κ1) is 12.3. The van der Waals surface area contributed by atoms with E-state index >= 15 is 0 Å². The minimum atomic E-state index is -0.311. The van der Waals surface area contributed by atoms with Gasteiger partial charge in [0.05, 0.1) is 18.1 Å². The first-order chi connectivity index (χ1) is 8.11. The van der Waals surface area contributed by atoms with Gasteiger partial charge in [0, 0.05) is 26.7 Å². The van der Waals surface area contributed by atoms with Gasteiger partial charge in [0.1, 0.15) is 0 Å². The summed E-state index contributed by atoms with van der Waals surface area (Å²) in [6.45, 7) is 1.80. The minimum absolute atomic E-state index is 0.0632. The first-order valence-corrected chi connectivity index (χ1v) is 5.96. The summed E-state index contributed by atoms with van der Waals surface area (Å²) in [5.41, 5.74) is 5.24. The van der Waals surface area contributed by atoms with Crippen molar-refractivity contribution in [3.8, 4) is 0 Å². The molecular weight excluding hydrogens is 222 g/mol. The summed E-state index contributed by atoms with van der Waals surface area (Å²) < 4.78 is 5.21. The van der Waals surface area contributed by atoms with Crippen LogP contribution in [0.15, 0.2) is 0 Å². The zero-order valence-electron chi connectivity index (χ0n) is 10.0. The molecule has 0 aromatic rings. The predicted octanol–water partition coefficient (Wildman–Crippen LogP) is -1.30. The van der Waals surface area contributed by atoms with Crippen LogP contribution in [0.25, 0.3) is 0 Å². The summed E-state index contributed by atoms with van der Waals surface area (Å²) in [5, 5.41) is 3.15. The van der Waals surface area contributed by atoms with Gasteiger partial charge in [-0.15, -0.1) is 0 Å². The predicted molar refractivity (Wildman–Crippen MR) is 61.1 cm³/mol. The zero-order chi connectivity index (χ0) is 12.4. The molecule has 2 saturated heterocycles. The number of hydrogen-bond donors (Lipinski definition) is 2. The standard InChI is InChI=1S/C11H19N3O3/c1-17-8-4-9(13-5-8)11(16)14-3-2-7(6-14)10(12)15/h7-9,13H,2-6H2,1H3,(H2,12,15). The van der Waals surface area contributed by atoms with Crippen molar-refractivity contribution in [2.24, 2.45) is 11.7 Å². The smallest absolute Gasteiger partial charge is 0.239 e. The molecule has 6 heteroatoms. The number of nitrogens with two attached hydrogens (primary N) is 1. The van der Waals surface area contributed by atoms with Gasteiger partial charge in [-0.3, -0.25) is 9.59 Å². The van der Waals surface area contributed by atoms with Crippen molar-refractivity contribution in [2.75, 3.05) is 26.7 Å². The van der Waals surface area contributed by atoms with Crippen LogP contribution < -0.4 is 11.1 Å². The second-order valence-corrected chi connectivity index (χ2v) is 4.73. The van der Waals surface area contributed by atoms with E-state index in [0.29, 0.717) is 32.5 Å². The molecule has 96 valence electrons. The largest absolute Gasteiger partial charge is 0.380 e. The summed E-state index contributed by atoms with van der Waals surface area (Å²) in [7, 11) is 1.65. The summed E-state index contributed by atoms with van der Waals surface area (Å²) in [6.07, 6.45) is 1.49. The Labute approximate surface area is 100 Å². The lowest BCUT2D eigenvalue weighted by Gasteiger charge is -2.20. The number of nitrogens with one attached hydrogen (secondary N) is 1. The van der Waals surface area contributed by atoms with Gasteiger partial charge >= 0.3 is 0 Å². The van der Waals surface area contributed by atoms with Gasteiger partial charge < -0.3 is 20.7 Å². The zero-order valence-corrected chi connectivity index (χ0v) is 10.0. The van der Waals surface area contributed by atoms with Crippen LogP contribution in [0, 0.1) is 5.92 Å². The highest BCUT2D eigenvalue weighted by atomic mass is 16.5. The Hall–Kier alpha value is -1.14. The Bertz CT molecular complexity index is 321. The fraction of sp³-hybridized carbons (Fsp3) is 0.818. The summed E-state index contributed by atoms with van der Waals surface area (Å²) in [6, 6.07) is -0.174. The van der Waals surface area contributed by atoms with E-state index in [1.807, 2.05) is 0 Å². The Morgan fingerprint density at radius 1 is 1.47 bits per heavy atom. The Kier molecular flexibility index (Phi) is 3.63. The SMILES string of the molecule is COC1CNC(C(=O)N2CCC(C(N)=O)C2)C1. The highest BCUT2D eigenvalue weighted by molar-refractivity contribution is 5.84. The summed E-state index contributed by atoms with van der Waals surface area (Å²) in [5.74, 6) is -0.429. The number of carbonyl (C=O) groups is 2. The number of likely N-dealkylation sites (tertiary alicyclic amines) is 1. The van der Waals surface area contributed by atoms with Crippen LogP contribution in [0.3, 0.4) is 0 Å². The van der Waals surface area contributed by atoms with Crippen molar-refractivity contribution >= 4 is 11.8 Å². The third-order valence-corrected chi connectivity index (χ3v) is 3.62. The third-order valence-electron chi connectivity index (χ3n) is 3.62. The molecule has 0 saturated carbocycles. The number of carbonyl (C=O) groups excluding carboxylic acids is 2. The Balaban J connectivity index is 1.87. The fourth-order valence-corrected chi connectivity index (χ4v) is 2.48. The lowest BCUT2D eigenvalue weighted by molar-refractivity contribution is -0.132. The molecule has 2 amide bonds. The normalized spacial score (nSPS) is 33.0. The van der Waals surface area contributed by atoms with Gasteiger partial charge in [-0.25, -0.2) is 0 Å². The molecule has 2 fully saturated rings. The van der Waals surface area contributed by atoms with E-state index in [2.05, 4.69) is 5.32 Å². The first-order valence-electron chi connectivity index (χ1n) is 5.96. The molecule has 3 unspecified atom stereocenters. The van der Waals surface area contributed by atoms with Crippen molar-refractivity contribution < 1.29 is 14.3 Å². The van der Waals surface area contributed by atoms with E-state index in [4.69, 9.17) is 10.5 Å². The molecule has 6 nitrogen and oxygen atoms in total. The van der Waals surface area contributed by atoms with Crippen molar-refractivity contribution in [3.05, 3.63) is 0 Å². The van der Waals surface area contributed by atoms with Crippen molar-refractivity contribution in [1.29, 1.82) is 0 Å². The maximum absolute atomic E-state index is 12.1. The average molecular weight is 241 g/mol. The number of primary amides is 1. The molecule has 0 spiro atoms. The van der Waals surface area contributed by atoms with Crippen LogP contribution in [-0.2, 0) is 14.3 Å². The van der Waals surface area contributed by atoms with E-state index < -0.39 is 0 Å². The van der Waals surface area contributed by atoms with Crippen molar-refractivity contribution in [2.45, 2.75) is 25.0 Å². The van der Waals surface area contributed by atoms with E-state index in [1.54, 1.807) is 12.0 Å². The molecule has 2 heterocycles. The number of nitrogens with zero attached hydrogens (tertiary/aromatic N) is 1. The second-order valence-electron chi connectivity index (χ2n) is 4.73.